The SMILES string of the molecule is CC(C)(CO)CCCNS(=O)(=O)c1cccc(C#N)c1. The fourth-order valence-electron chi connectivity index (χ4n) is 1.67. The van der Waals surface area contributed by atoms with Crippen LogP contribution in [0.2, 0.25) is 0 Å². The molecule has 2 N–H and O–H groups in total. The molecule has 0 unspecified atom stereocenters. The molecule has 0 saturated heterocycles. The second-order valence-electron chi connectivity index (χ2n) is 5.46. The van der Waals surface area contributed by atoms with Gasteiger partial charge in [-0.15, -0.1) is 0 Å². The third-order valence-corrected chi connectivity index (χ3v) is 4.48. The summed E-state index contributed by atoms with van der Waals surface area (Å²) in [4.78, 5) is 0.0953. The summed E-state index contributed by atoms with van der Waals surface area (Å²) in [6, 6.07) is 7.82. The average molecular weight is 296 g/mol. The lowest BCUT2D eigenvalue weighted by Gasteiger charge is -2.21. The number of benzene rings is 1. The van der Waals surface area contributed by atoms with Gasteiger partial charge in [-0.1, -0.05) is 19.9 Å². The number of rotatable bonds is 7. The molecule has 1 aromatic carbocycles. The third-order valence-electron chi connectivity index (χ3n) is 3.02. The standard InChI is InChI=1S/C14H20N2O3S/c1-14(2,11-17)7-4-8-16-20(18,19)13-6-3-5-12(9-13)10-15/h3,5-6,9,16-17H,4,7-8,11H2,1-2H3. The van der Waals surface area contributed by atoms with Crippen molar-refractivity contribution in [1.82, 2.24) is 4.72 Å². The van der Waals surface area contributed by atoms with E-state index in [9.17, 15) is 8.42 Å². The van der Waals surface area contributed by atoms with Crippen molar-refractivity contribution in [1.29, 1.82) is 5.26 Å². The minimum Gasteiger partial charge on any atom is -0.396 e. The Morgan fingerprint density at radius 2 is 2.10 bits per heavy atom. The maximum atomic E-state index is 12.0. The molecule has 0 aliphatic carbocycles. The minimum absolute atomic E-state index is 0.0734. The van der Waals surface area contributed by atoms with Crippen molar-refractivity contribution in [3.63, 3.8) is 0 Å². The van der Waals surface area contributed by atoms with Crippen molar-refractivity contribution >= 4 is 10.0 Å². The van der Waals surface area contributed by atoms with Gasteiger partial charge in [0.15, 0.2) is 0 Å². The van der Waals surface area contributed by atoms with Crippen LogP contribution in [0.3, 0.4) is 0 Å². The molecule has 0 aliphatic heterocycles. The predicted molar refractivity (Wildman–Crippen MR) is 76.4 cm³/mol. The highest BCUT2D eigenvalue weighted by atomic mass is 32.2. The average Bonchev–Trinajstić information content (AvgIpc) is 2.44. The van der Waals surface area contributed by atoms with Crippen LogP contribution in [-0.2, 0) is 10.0 Å². The zero-order valence-corrected chi connectivity index (χ0v) is 12.6. The first kappa shape index (κ1) is 16.6. The maximum absolute atomic E-state index is 12.0. The summed E-state index contributed by atoms with van der Waals surface area (Å²) in [7, 11) is -3.58. The first-order chi connectivity index (χ1) is 9.30. The number of hydrogen-bond donors (Lipinski definition) is 2. The lowest BCUT2D eigenvalue weighted by atomic mass is 9.89. The maximum Gasteiger partial charge on any atom is 0.240 e. The van der Waals surface area contributed by atoms with Gasteiger partial charge in [-0.05, 0) is 36.5 Å². The molecule has 0 heterocycles. The molecular formula is C14H20N2O3S. The molecule has 1 rings (SSSR count). The number of nitrogens with zero attached hydrogens (tertiary/aromatic N) is 1. The fourth-order valence-corrected chi connectivity index (χ4v) is 2.79. The largest absolute Gasteiger partial charge is 0.396 e. The van der Waals surface area contributed by atoms with Gasteiger partial charge in [0.1, 0.15) is 0 Å². The second-order valence-corrected chi connectivity index (χ2v) is 7.23. The normalized spacial score (nSPS) is 12.1. The molecule has 0 aliphatic rings. The summed E-state index contributed by atoms with van der Waals surface area (Å²) >= 11 is 0. The molecule has 0 atom stereocenters. The molecule has 1 aromatic rings. The van der Waals surface area contributed by atoms with Crippen molar-refractivity contribution in [2.24, 2.45) is 5.41 Å². The number of nitrogens with one attached hydrogen (secondary N) is 1. The van der Waals surface area contributed by atoms with Crippen molar-refractivity contribution in [3.05, 3.63) is 29.8 Å². The monoisotopic (exact) mass is 296 g/mol. The van der Waals surface area contributed by atoms with Crippen molar-refractivity contribution in [3.8, 4) is 6.07 Å². The highest BCUT2D eigenvalue weighted by molar-refractivity contribution is 7.89. The van der Waals surface area contributed by atoms with Gasteiger partial charge in [-0.25, -0.2) is 13.1 Å². The van der Waals surface area contributed by atoms with Gasteiger partial charge in [-0.2, -0.15) is 5.26 Å². The van der Waals surface area contributed by atoms with Crippen LogP contribution in [0.25, 0.3) is 0 Å². The Labute approximate surface area is 120 Å². The number of aliphatic hydroxyl groups excluding tert-OH is 1. The Morgan fingerprint density at radius 1 is 1.40 bits per heavy atom. The Balaban J connectivity index is 2.60. The third kappa shape index (κ3) is 4.93. The molecular weight excluding hydrogens is 276 g/mol. The van der Waals surface area contributed by atoms with Gasteiger partial charge in [0, 0.05) is 13.2 Å². The molecule has 20 heavy (non-hydrogen) atoms. The Morgan fingerprint density at radius 3 is 2.70 bits per heavy atom. The quantitative estimate of drug-likeness (QED) is 0.748. The van der Waals surface area contributed by atoms with Crippen LogP contribution in [0.4, 0.5) is 0 Å². The van der Waals surface area contributed by atoms with E-state index in [4.69, 9.17) is 10.4 Å². The van der Waals surface area contributed by atoms with Crippen LogP contribution in [0, 0.1) is 16.7 Å². The molecule has 0 aromatic heterocycles. The van der Waals surface area contributed by atoms with E-state index in [-0.39, 0.29) is 16.9 Å². The van der Waals surface area contributed by atoms with E-state index in [0.29, 0.717) is 18.5 Å². The first-order valence-electron chi connectivity index (χ1n) is 6.41. The van der Waals surface area contributed by atoms with E-state index in [1.807, 2.05) is 19.9 Å². The van der Waals surface area contributed by atoms with Crippen LogP contribution in [0.15, 0.2) is 29.2 Å². The molecule has 0 bridgehead atoms. The molecule has 0 amide bonds. The molecule has 5 nitrogen and oxygen atoms in total. The van der Waals surface area contributed by atoms with E-state index >= 15 is 0 Å². The molecule has 110 valence electrons. The van der Waals surface area contributed by atoms with Crippen LogP contribution in [-0.4, -0.2) is 26.7 Å². The highest BCUT2D eigenvalue weighted by Gasteiger charge is 2.17. The highest BCUT2D eigenvalue weighted by Crippen LogP contribution is 2.20. The lowest BCUT2D eigenvalue weighted by Crippen LogP contribution is -2.26. The van der Waals surface area contributed by atoms with Crippen LogP contribution in [0.5, 0.6) is 0 Å². The van der Waals surface area contributed by atoms with Gasteiger partial charge in [-0.3, -0.25) is 0 Å². The summed E-state index contributed by atoms with van der Waals surface area (Å²) in [5, 5.41) is 17.9. The molecule has 0 radical (unpaired) electrons. The first-order valence-corrected chi connectivity index (χ1v) is 7.90. The van der Waals surface area contributed by atoms with Crippen LogP contribution < -0.4 is 4.72 Å². The van der Waals surface area contributed by atoms with E-state index in [1.165, 1.54) is 12.1 Å². The van der Waals surface area contributed by atoms with Crippen LogP contribution >= 0.6 is 0 Å². The number of sulfonamides is 1. The Bertz CT molecular complexity index is 589. The zero-order valence-electron chi connectivity index (χ0n) is 11.8. The second kappa shape index (κ2) is 6.84. The van der Waals surface area contributed by atoms with Gasteiger partial charge in [0.2, 0.25) is 10.0 Å². The summed E-state index contributed by atoms with van der Waals surface area (Å²) < 4.78 is 26.6. The molecule has 0 spiro atoms. The predicted octanol–water partition coefficient (Wildman–Crippen LogP) is 1.64. The van der Waals surface area contributed by atoms with Gasteiger partial charge >= 0.3 is 0 Å². The summed E-state index contributed by atoms with van der Waals surface area (Å²) in [6.07, 6.45) is 1.37. The van der Waals surface area contributed by atoms with Crippen molar-refractivity contribution < 1.29 is 13.5 Å². The Kier molecular flexibility index (Phi) is 5.69. The smallest absolute Gasteiger partial charge is 0.240 e. The van der Waals surface area contributed by atoms with E-state index < -0.39 is 10.0 Å². The summed E-state index contributed by atoms with van der Waals surface area (Å²) in [5.41, 5.74) is 0.112. The lowest BCUT2D eigenvalue weighted by molar-refractivity contribution is 0.148. The van der Waals surface area contributed by atoms with Gasteiger partial charge < -0.3 is 5.11 Å². The Hall–Kier alpha value is -1.42. The van der Waals surface area contributed by atoms with Crippen molar-refractivity contribution in [2.75, 3.05) is 13.2 Å². The van der Waals surface area contributed by atoms with Gasteiger partial charge in [0.05, 0.1) is 16.5 Å². The molecule has 0 fully saturated rings. The van der Waals surface area contributed by atoms with E-state index in [1.54, 1.807) is 12.1 Å². The van der Waals surface area contributed by atoms with Gasteiger partial charge in [0.25, 0.3) is 0 Å². The summed E-state index contributed by atoms with van der Waals surface area (Å²) in [6.45, 7) is 4.24. The zero-order chi connectivity index (χ0) is 15.2. The van der Waals surface area contributed by atoms with E-state index in [0.717, 1.165) is 6.42 Å². The number of aliphatic hydroxyl groups is 1. The fraction of sp³-hybridized carbons (Fsp3) is 0.500. The number of nitriles is 1. The van der Waals surface area contributed by atoms with Crippen molar-refractivity contribution in [2.45, 2.75) is 31.6 Å². The van der Waals surface area contributed by atoms with E-state index in [2.05, 4.69) is 4.72 Å². The topological polar surface area (TPSA) is 90.2 Å². The molecule has 6 heteroatoms. The number of hydrogen-bond acceptors (Lipinski definition) is 4. The summed E-state index contributed by atoms with van der Waals surface area (Å²) in [5.74, 6) is 0. The molecule has 0 saturated carbocycles. The minimum atomic E-state index is -3.58. The van der Waals surface area contributed by atoms with Crippen LogP contribution in [0.1, 0.15) is 32.3 Å².